The van der Waals surface area contributed by atoms with Crippen LogP contribution in [0, 0.1) is 5.82 Å². The third-order valence-corrected chi connectivity index (χ3v) is 5.70. The smallest absolute Gasteiger partial charge is 0.246 e. The van der Waals surface area contributed by atoms with Crippen LogP contribution < -0.4 is 19.9 Å². The molecule has 1 saturated heterocycles. The first-order valence-electron chi connectivity index (χ1n) is 11.5. The van der Waals surface area contributed by atoms with Crippen molar-refractivity contribution in [2.24, 2.45) is 0 Å². The average Bonchev–Trinajstić information content (AvgIpc) is 3.39. The van der Waals surface area contributed by atoms with Gasteiger partial charge in [-0.05, 0) is 43.7 Å². The minimum Gasteiger partial charge on any atom is -0.497 e. The summed E-state index contributed by atoms with van der Waals surface area (Å²) in [6.07, 6.45) is 1.32. The molecular weight excluding hydrogens is 467 g/mol. The van der Waals surface area contributed by atoms with Crippen LogP contribution in [0.25, 0.3) is 11.0 Å². The van der Waals surface area contributed by atoms with Crippen LogP contribution in [0.5, 0.6) is 23.1 Å². The number of rotatable bonds is 8. The maximum absolute atomic E-state index is 14.5. The Labute approximate surface area is 207 Å². The molecule has 1 aliphatic rings. The predicted octanol–water partition coefficient (Wildman–Crippen LogP) is 4.53. The van der Waals surface area contributed by atoms with Crippen LogP contribution in [0.2, 0.25) is 0 Å². The van der Waals surface area contributed by atoms with Crippen molar-refractivity contribution in [3.05, 3.63) is 66.1 Å². The van der Waals surface area contributed by atoms with E-state index in [0.29, 0.717) is 41.5 Å². The maximum atomic E-state index is 14.5. The van der Waals surface area contributed by atoms with Crippen molar-refractivity contribution in [3.8, 4) is 23.1 Å². The summed E-state index contributed by atoms with van der Waals surface area (Å²) < 4.78 is 45.0. The van der Waals surface area contributed by atoms with Crippen molar-refractivity contribution in [2.75, 3.05) is 26.1 Å². The van der Waals surface area contributed by atoms with E-state index in [1.807, 2.05) is 38.1 Å². The number of hydrogen-bond donors (Lipinski definition) is 1. The van der Waals surface area contributed by atoms with Crippen molar-refractivity contribution >= 4 is 16.7 Å². The van der Waals surface area contributed by atoms with Crippen molar-refractivity contribution < 1.29 is 28.1 Å². The number of nitrogen functional groups attached to an aromatic ring is 1. The van der Waals surface area contributed by atoms with E-state index in [1.165, 1.54) is 12.1 Å². The molecular formula is C26H27FN4O5. The van der Waals surface area contributed by atoms with Gasteiger partial charge in [0.15, 0.2) is 23.0 Å². The van der Waals surface area contributed by atoms with Gasteiger partial charge in [-0.25, -0.2) is 14.1 Å². The molecule has 5 rings (SSSR count). The molecule has 2 aromatic carbocycles. The number of ether oxygens (including phenoxy) is 5. The van der Waals surface area contributed by atoms with E-state index in [2.05, 4.69) is 10.1 Å². The number of nitrogens with zero attached hydrogens (tertiary/aromatic N) is 3. The van der Waals surface area contributed by atoms with E-state index in [9.17, 15) is 4.39 Å². The summed E-state index contributed by atoms with van der Waals surface area (Å²) in [6, 6.07) is 13.5. The fourth-order valence-corrected chi connectivity index (χ4v) is 3.97. The third kappa shape index (κ3) is 5.05. The molecule has 36 heavy (non-hydrogen) atoms. The fourth-order valence-electron chi connectivity index (χ4n) is 3.97. The largest absolute Gasteiger partial charge is 0.497 e. The topological polar surface area (TPSA) is 103 Å². The minimum atomic E-state index is -0.674. The monoisotopic (exact) mass is 494 g/mol. The van der Waals surface area contributed by atoms with Crippen LogP contribution in [-0.2, 0) is 16.0 Å². The maximum Gasteiger partial charge on any atom is 0.246 e. The lowest BCUT2D eigenvalue weighted by Crippen LogP contribution is -2.25. The highest BCUT2D eigenvalue weighted by Crippen LogP contribution is 2.37. The quantitative estimate of drug-likeness (QED) is 0.357. The van der Waals surface area contributed by atoms with E-state index < -0.39 is 11.6 Å². The molecule has 0 bridgehead atoms. The van der Waals surface area contributed by atoms with E-state index in [1.54, 1.807) is 30.1 Å². The van der Waals surface area contributed by atoms with Crippen molar-refractivity contribution in [1.82, 2.24) is 14.8 Å². The van der Waals surface area contributed by atoms with Crippen LogP contribution in [0.3, 0.4) is 0 Å². The molecule has 2 aromatic heterocycles. The summed E-state index contributed by atoms with van der Waals surface area (Å²) in [5.74, 6) is 0.182. The van der Waals surface area contributed by atoms with Gasteiger partial charge < -0.3 is 29.4 Å². The van der Waals surface area contributed by atoms with Gasteiger partial charge in [-0.1, -0.05) is 12.1 Å². The molecule has 1 fully saturated rings. The number of anilines is 1. The summed E-state index contributed by atoms with van der Waals surface area (Å²) in [7, 11) is 1.62. The van der Waals surface area contributed by atoms with Crippen LogP contribution in [0.1, 0.15) is 19.4 Å². The van der Waals surface area contributed by atoms with Crippen molar-refractivity contribution in [2.45, 2.75) is 32.3 Å². The second-order valence-electron chi connectivity index (χ2n) is 8.87. The number of methoxy groups -OCH3 is 1. The number of aromatic nitrogens is 3. The molecule has 1 atom stereocenters. The Balaban J connectivity index is 1.50. The second kappa shape index (κ2) is 9.63. The first-order valence-corrected chi connectivity index (χ1v) is 11.5. The van der Waals surface area contributed by atoms with E-state index in [-0.39, 0.29) is 18.5 Å². The molecule has 2 N–H and O–H groups in total. The lowest BCUT2D eigenvalue weighted by molar-refractivity contribution is -0.141. The number of hydrogen-bond acceptors (Lipinski definition) is 8. The number of fused-ring (bicyclic) bond motifs is 1. The zero-order valence-electron chi connectivity index (χ0n) is 20.2. The molecule has 0 radical (unpaired) electrons. The Morgan fingerprint density at radius 2 is 1.94 bits per heavy atom. The van der Waals surface area contributed by atoms with Crippen molar-refractivity contribution in [1.29, 1.82) is 0 Å². The minimum absolute atomic E-state index is 0.0276. The number of benzene rings is 2. The van der Waals surface area contributed by atoms with Gasteiger partial charge in [0.25, 0.3) is 0 Å². The van der Waals surface area contributed by atoms with Crippen molar-refractivity contribution in [3.63, 3.8) is 0 Å². The molecule has 1 aliphatic heterocycles. The number of pyridine rings is 1. The molecule has 0 spiro atoms. The normalized spacial score (nSPS) is 16.8. The Morgan fingerprint density at radius 3 is 2.64 bits per heavy atom. The van der Waals surface area contributed by atoms with Gasteiger partial charge in [-0.15, -0.1) is 5.10 Å². The van der Waals surface area contributed by atoms with Crippen LogP contribution >= 0.6 is 0 Å². The Hall–Kier alpha value is -3.89. The molecule has 1 unspecified atom stereocenters. The molecule has 0 saturated carbocycles. The van der Waals surface area contributed by atoms with Gasteiger partial charge in [0.05, 0.1) is 20.3 Å². The Morgan fingerprint density at radius 1 is 1.14 bits per heavy atom. The van der Waals surface area contributed by atoms with E-state index >= 15 is 0 Å². The zero-order chi connectivity index (χ0) is 25.3. The highest BCUT2D eigenvalue weighted by molar-refractivity contribution is 5.88. The lowest BCUT2D eigenvalue weighted by Gasteiger charge is -2.17. The molecule has 3 heterocycles. The summed E-state index contributed by atoms with van der Waals surface area (Å²) in [4.78, 5) is 4.52. The van der Waals surface area contributed by atoms with Crippen LogP contribution in [0.15, 0.2) is 54.7 Å². The van der Waals surface area contributed by atoms with Crippen LogP contribution in [0.4, 0.5) is 10.1 Å². The zero-order valence-corrected chi connectivity index (χ0v) is 20.2. The predicted molar refractivity (Wildman–Crippen MR) is 131 cm³/mol. The van der Waals surface area contributed by atoms with Gasteiger partial charge in [0, 0.05) is 24.0 Å². The molecule has 0 aliphatic carbocycles. The standard InChI is InChI=1S/C26H27FN4O5/c1-26(2)34-15-19(36-26)14-33-25-23-22(35-21-9-6-17(28)12-20(21)27)10-11-29-24(23)31(30-25)13-16-4-7-18(32-3)8-5-16/h4-12,19H,13-15,28H2,1-3H3. The summed E-state index contributed by atoms with van der Waals surface area (Å²) in [6.45, 7) is 4.73. The van der Waals surface area contributed by atoms with Gasteiger partial charge >= 0.3 is 0 Å². The molecule has 0 amide bonds. The molecule has 188 valence electrons. The second-order valence-corrected chi connectivity index (χ2v) is 8.87. The molecule has 4 aromatic rings. The van der Waals surface area contributed by atoms with Gasteiger partial charge in [-0.3, -0.25) is 0 Å². The van der Waals surface area contributed by atoms with E-state index in [0.717, 1.165) is 11.3 Å². The lowest BCUT2D eigenvalue weighted by atomic mass is 10.2. The fraction of sp³-hybridized carbons (Fsp3) is 0.308. The molecule has 9 nitrogen and oxygen atoms in total. The average molecular weight is 495 g/mol. The van der Waals surface area contributed by atoms with Gasteiger partial charge in [0.2, 0.25) is 5.88 Å². The number of nitrogens with two attached hydrogens (primary N) is 1. The summed E-state index contributed by atoms with van der Waals surface area (Å²) >= 11 is 0. The highest BCUT2D eigenvalue weighted by atomic mass is 19.1. The third-order valence-electron chi connectivity index (χ3n) is 5.70. The van der Waals surface area contributed by atoms with Gasteiger partial charge in [-0.2, -0.15) is 0 Å². The Kier molecular flexibility index (Phi) is 6.38. The first-order chi connectivity index (χ1) is 17.3. The SMILES string of the molecule is COc1ccc(Cn2nc(OCC3COC(C)(C)O3)c3c(Oc4ccc(N)cc4F)ccnc32)cc1. The van der Waals surface area contributed by atoms with E-state index in [4.69, 9.17) is 29.4 Å². The first kappa shape index (κ1) is 23.8. The summed E-state index contributed by atoms with van der Waals surface area (Å²) in [5, 5.41) is 5.19. The number of halogens is 1. The molecule has 10 heteroatoms. The van der Waals surface area contributed by atoms with Gasteiger partial charge in [0.1, 0.15) is 29.6 Å². The Bertz CT molecular complexity index is 1370. The highest BCUT2D eigenvalue weighted by Gasteiger charge is 2.33. The summed E-state index contributed by atoms with van der Waals surface area (Å²) in [5.41, 5.74) is 7.49. The van der Waals surface area contributed by atoms with Crippen LogP contribution in [-0.4, -0.2) is 47.0 Å².